The lowest BCUT2D eigenvalue weighted by molar-refractivity contribution is -0.135. The number of hydrogen-bond donors (Lipinski definition) is 2. The Morgan fingerprint density at radius 2 is 1.84 bits per heavy atom. The lowest BCUT2D eigenvalue weighted by Gasteiger charge is -2.35. The molecular weight excluding hydrogens is 403 g/mol. The highest BCUT2D eigenvalue weighted by Gasteiger charge is 2.34. The molecule has 2 atom stereocenters. The van der Waals surface area contributed by atoms with Gasteiger partial charge in [0.1, 0.15) is 0 Å². The second-order valence-electron chi connectivity index (χ2n) is 8.80. The molecule has 0 saturated carbocycles. The van der Waals surface area contributed by atoms with Gasteiger partial charge in [-0.15, -0.1) is 0 Å². The second kappa shape index (κ2) is 9.33. The van der Waals surface area contributed by atoms with Gasteiger partial charge in [0.15, 0.2) is 11.6 Å². The quantitative estimate of drug-likeness (QED) is 0.724. The first kappa shape index (κ1) is 21.7. The van der Waals surface area contributed by atoms with E-state index in [9.17, 15) is 19.1 Å². The van der Waals surface area contributed by atoms with Gasteiger partial charge in [-0.2, -0.15) is 4.98 Å². The number of likely N-dealkylation sites (tertiary alicyclic amines) is 2. The average Bonchev–Trinajstić information content (AvgIpc) is 3.21. The Morgan fingerprint density at radius 3 is 2.52 bits per heavy atom. The molecule has 3 aliphatic heterocycles. The van der Waals surface area contributed by atoms with Crippen molar-refractivity contribution in [1.82, 2.24) is 19.8 Å². The number of piperidine rings is 2. The fraction of sp³-hybridized carbons (Fsp3) is 0.714. The number of halogens is 1. The maximum Gasteiger partial charge on any atom is 0.227 e. The molecule has 2 N–H and O–H groups in total. The van der Waals surface area contributed by atoms with Crippen LogP contribution in [0.5, 0.6) is 0 Å². The van der Waals surface area contributed by atoms with E-state index in [-0.39, 0.29) is 29.6 Å². The van der Waals surface area contributed by atoms with Crippen LogP contribution in [0.25, 0.3) is 0 Å². The minimum atomic E-state index is -0.498. The average molecular weight is 435 g/mol. The summed E-state index contributed by atoms with van der Waals surface area (Å²) in [6.45, 7) is 4.95. The van der Waals surface area contributed by atoms with Crippen LogP contribution in [0.2, 0.25) is 0 Å². The molecule has 3 saturated heterocycles. The summed E-state index contributed by atoms with van der Waals surface area (Å²) in [5.74, 6) is -0.0171. The van der Waals surface area contributed by atoms with Gasteiger partial charge in [0.05, 0.1) is 18.2 Å². The van der Waals surface area contributed by atoms with Gasteiger partial charge in [-0.05, 0) is 32.1 Å². The Kier molecular flexibility index (Phi) is 6.54. The van der Waals surface area contributed by atoms with Gasteiger partial charge in [-0.3, -0.25) is 9.59 Å². The number of anilines is 2. The number of carbonyl (C=O) groups excluding carboxylic acids is 2. The number of carbonyl (C=O) groups is 2. The summed E-state index contributed by atoms with van der Waals surface area (Å²) in [5, 5.41) is 13.0. The number of β-amino-alcohol motifs (C(OH)–C–C–N with tert-alkyl or cyclic N) is 1. The SMILES string of the molecule is CC(=O)N1CCC(Nc2ncc(F)c(N3CCC[C@H](C(=O)N4CC[C@H](O)C4)C3)n2)CC1. The molecule has 2 amide bonds. The van der Waals surface area contributed by atoms with Crippen molar-refractivity contribution in [1.29, 1.82) is 0 Å². The Morgan fingerprint density at radius 1 is 1.10 bits per heavy atom. The topological polar surface area (TPSA) is 102 Å². The Balaban J connectivity index is 1.39. The molecule has 0 radical (unpaired) electrons. The van der Waals surface area contributed by atoms with E-state index in [0.717, 1.165) is 25.7 Å². The summed E-state index contributed by atoms with van der Waals surface area (Å²) in [4.78, 5) is 38.2. The van der Waals surface area contributed by atoms with Crippen molar-refractivity contribution in [2.75, 3.05) is 49.5 Å². The van der Waals surface area contributed by atoms with Gasteiger partial charge in [0.2, 0.25) is 17.8 Å². The molecule has 170 valence electrons. The van der Waals surface area contributed by atoms with E-state index < -0.39 is 11.9 Å². The van der Waals surface area contributed by atoms with E-state index in [4.69, 9.17) is 0 Å². The van der Waals surface area contributed by atoms with Crippen LogP contribution in [0.1, 0.15) is 39.0 Å². The Hall–Kier alpha value is -2.49. The van der Waals surface area contributed by atoms with Crippen LogP contribution in [0.4, 0.5) is 16.2 Å². The largest absolute Gasteiger partial charge is 0.391 e. The molecule has 9 nitrogen and oxygen atoms in total. The summed E-state index contributed by atoms with van der Waals surface area (Å²) in [7, 11) is 0. The highest BCUT2D eigenvalue weighted by atomic mass is 19.1. The van der Waals surface area contributed by atoms with E-state index in [1.807, 2.05) is 9.80 Å². The zero-order valence-electron chi connectivity index (χ0n) is 18.0. The van der Waals surface area contributed by atoms with E-state index in [1.54, 1.807) is 11.8 Å². The molecular formula is C21H31FN6O3. The van der Waals surface area contributed by atoms with Crippen LogP contribution >= 0.6 is 0 Å². The smallest absolute Gasteiger partial charge is 0.227 e. The Labute approximate surface area is 181 Å². The summed E-state index contributed by atoms with van der Waals surface area (Å²) < 4.78 is 14.6. The molecule has 1 aromatic rings. The van der Waals surface area contributed by atoms with Gasteiger partial charge >= 0.3 is 0 Å². The lowest BCUT2D eigenvalue weighted by Crippen LogP contribution is -2.45. The van der Waals surface area contributed by atoms with Crippen molar-refractivity contribution >= 4 is 23.6 Å². The second-order valence-corrected chi connectivity index (χ2v) is 8.80. The summed E-state index contributed by atoms with van der Waals surface area (Å²) in [6, 6.07) is 0.131. The van der Waals surface area contributed by atoms with Crippen LogP contribution in [0.3, 0.4) is 0 Å². The number of aliphatic hydroxyl groups excluding tert-OH is 1. The van der Waals surface area contributed by atoms with Crippen molar-refractivity contribution < 1.29 is 19.1 Å². The van der Waals surface area contributed by atoms with E-state index in [0.29, 0.717) is 51.6 Å². The predicted octanol–water partition coefficient (Wildman–Crippen LogP) is 0.848. The maximum atomic E-state index is 14.6. The van der Waals surface area contributed by atoms with Crippen LogP contribution in [0.15, 0.2) is 6.20 Å². The predicted molar refractivity (Wildman–Crippen MR) is 113 cm³/mol. The molecule has 0 aliphatic carbocycles. The minimum Gasteiger partial charge on any atom is -0.391 e. The number of rotatable bonds is 4. The van der Waals surface area contributed by atoms with Gasteiger partial charge in [0, 0.05) is 52.2 Å². The van der Waals surface area contributed by atoms with Crippen LogP contribution in [-0.2, 0) is 9.59 Å². The molecule has 0 bridgehead atoms. The third-order valence-electron chi connectivity index (χ3n) is 6.54. The van der Waals surface area contributed by atoms with Crippen molar-refractivity contribution in [3.63, 3.8) is 0 Å². The van der Waals surface area contributed by atoms with Crippen LogP contribution in [-0.4, -0.2) is 88.1 Å². The molecule has 4 heterocycles. The highest BCUT2D eigenvalue weighted by molar-refractivity contribution is 5.80. The molecule has 1 aromatic heterocycles. The standard InChI is InChI=1S/C21H31FN6O3/c1-14(29)26-8-4-16(5-9-26)24-21-23-11-18(22)19(25-21)27-7-2-3-15(12-27)20(31)28-10-6-17(30)13-28/h11,15-17,30H,2-10,12-13H2,1H3,(H,23,24,25)/t15-,17-/m0/s1. The summed E-state index contributed by atoms with van der Waals surface area (Å²) in [6.07, 6.45) is 4.46. The highest BCUT2D eigenvalue weighted by Crippen LogP contribution is 2.27. The van der Waals surface area contributed by atoms with Gasteiger partial charge < -0.3 is 25.1 Å². The molecule has 0 aromatic carbocycles. The first-order chi connectivity index (χ1) is 14.9. The molecule has 0 unspecified atom stereocenters. The molecule has 4 rings (SSSR count). The third kappa shape index (κ3) is 5.06. The van der Waals surface area contributed by atoms with Crippen LogP contribution < -0.4 is 10.2 Å². The maximum absolute atomic E-state index is 14.6. The number of nitrogens with one attached hydrogen (secondary N) is 1. The zero-order chi connectivity index (χ0) is 22.0. The van der Waals surface area contributed by atoms with Crippen LogP contribution in [0, 0.1) is 11.7 Å². The number of aromatic nitrogens is 2. The molecule has 3 fully saturated rings. The van der Waals surface area contributed by atoms with Gasteiger partial charge in [-0.25, -0.2) is 9.37 Å². The fourth-order valence-corrected chi connectivity index (χ4v) is 4.74. The normalized spacial score (nSPS) is 25.1. The molecule has 10 heteroatoms. The third-order valence-corrected chi connectivity index (χ3v) is 6.54. The molecule has 3 aliphatic rings. The summed E-state index contributed by atoms with van der Waals surface area (Å²) in [5.41, 5.74) is 0. The minimum absolute atomic E-state index is 0.0336. The number of hydrogen-bond acceptors (Lipinski definition) is 7. The van der Waals surface area contributed by atoms with Gasteiger partial charge in [0.25, 0.3) is 0 Å². The lowest BCUT2D eigenvalue weighted by atomic mass is 9.96. The van der Waals surface area contributed by atoms with Crippen molar-refractivity contribution in [2.45, 2.75) is 51.2 Å². The monoisotopic (exact) mass is 434 g/mol. The van der Waals surface area contributed by atoms with Crippen molar-refractivity contribution in [3.8, 4) is 0 Å². The van der Waals surface area contributed by atoms with E-state index in [1.165, 1.54) is 6.20 Å². The Bertz CT molecular complexity index is 816. The molecule has 0 spiro atoms. The van der Waals surface area contributed by atoms with Crippen molar-refractivity contribution in [2.24, 2.45) is 5.92 Å². The van der Waals surface area contributed by atoms with Gasteiger partial charge in [-0.1, -0.05) is 0 Å². The van der Waals surface area contributed by atoms with Crippen molar-refractivity contribution in [3.05, 3.63) is 12.0 Å². The number of amides is 2. The zero-order valence-corrected chi connectivity index (χ0v) is 18.0. The van der Waals surface area contributed by atoms with E-state index >= 15 is 0 Å². The first-order valence-electron chi connectivity index (χ1n) is 11.2. The first-order valence-corrected chi connectivity index (χ1v) is 11.2. The number of nitrogens with zero attached hydrogens (tertiary/aromatic N) is 5. The van der Waals surface area contributed by atoms with E-state index in [2.05, 4.69) is 15.3 Å². The molecule has 31 heavy (non-hydrogen) atoms. The number of aliphatic hydroxyl groups is 1. The summed E-state index contributed by atoms with van der Waals surface area (Å²) >= 11 is 0. The fourth-order valence-electron chi connectivity index (χ4n) is 4.74.